The van der Waals surface area contributed by atoms with E-state index >= 15 is 0 Å². The molecule has 1 fully saturated rings. The predicted octanol–water partition coefficient (Wildman–Crippen LogP) is 1.97. The molecule has 0 heterocycles. The van der Waals surface area contributed by atoms with E-state index in [9.17, 15) is 4.79 Å². The molecular weight excluding hydrogens is 178 g/mol. The molecule has 0 aliphatic heterocycles. The SMILES string of the molecule is CCN(CC)C(=O)NN=C1CCCC1. The maximum absolute atomic E-state index is 11.5. The lowest BCUT2D eigenvalue weighted by atomic mass is 10.3. The summed E-state index contributed by atoms with van der Waals surface area (Å²) in [5.41, 5.74) is 3.73. The largest absolute Gasteiger partial charge is 0.337 e. The third kappa shape index (κ3) is 3.01. The highest BCUT2D eigenvalue weighted by atomic mass is 16.2. The van der Waals surface area contributed by atoms with Gasteiger partial charge < -0.3 is 4.90 Å². The molecule has 1 aliphatic carbocycles. The van der Waals surface area contributed by atoms with E-state index in [-0.39, 0.29) is 6.03 Å². The zero-order chi connectivity index (χ0) is 10.4. The number of nitrogens with one attached hydrogen (secondary N) is 1. The van der Waals surface area contributed by atoms with Gasteiger partial charge in [-0.05, 0) is 39.5 Å². The average Bonchev–Trinajstić information content (AvgIpc) is 2.69. The lowest BCUT2D eigenvalue weighted by Crippen LogP contribution is -2.37. The van der Waals surface area contributed by atoms with Crippen LogP contribution < -0.4 is 5.43 Å². The van der Waals surface area contributed by atoms with Crippen LogP contribution in [0.5, 0.6) is 0 Å². The molecule has 1 N–H and O–H groups in total. The highest BCUT2D eigenvalue weighted by molar-refractivity contribution is 5.87. The number of urea groups is 1. The summed E-state index contributed by atoms with van der Waals surface area (Å²) in [5.74, 6) is 0. The van der Waals surface area contributed by atoms with Crippen LogP contribution in [0.15, 0.2) is 5.10 Å². The van der Waals surface area contributed by atoms with Crippen LogP contribution >= 0.6 is 0 Å². The highest BCUT2D eigenvalue weighted by Crippen LogP contribution is 2.13. The minimum Gasteiger partial charge on any atom is -0.324 e. The molecule has 1 aliphatic rings. The molecule has 0 saturated heterocycles. The van der Waals surface area contributed by atoms with Crippen LogP contribution in [0.2, 0.25) is 0 Å². The molecule has 80 valence electrons. The number of hydrazone groups is 1. The van der Waals surface area contributed by atoms with Crippen molar-refractivity contribution in [2.45, 2.75) is 39.5 Å². The van der Waals surface area contributed by atoms with Crippen molar-refractivity contribution in [1.29, 1.82) is 0 Å². The van der Waals surface area contributed by atoms with E-state index in [1.807, 2.05) is 13.8 Å². The van der Waals surface area contributed by atoms with Crippen molar-refractivity contribution in [3.05, 3.63) is 0 Å². The molecule has 4 heteroatoms. The maximum Gasteiger partial charge on any atom is 0.337 e. The highest BCUT2D eigenvalue weighted by Gasteiger charge is 2.10. The zero-order valence-electron chi connectivity index (χ0n) is 9.05. The number of nitrogens with zero attached hydrogens (tertiary/aromatic N) is 2. The van der Waals surface area contributed by atoms with Gasteiger partial charge in [0.2, 0.25) is 0 Å². The Labute approximate surface area is 85.4 Å². The van der Waals surface area contributed by atoms with Crippen LogP contribution in [0.4, 0.5) is 4.79 Å². The van der Waals surface area contributed by atoms with E-state index in [1.54, 1.807) is 4.90 Å². The number of rotatable bonds is 3. The Morgan fingerprint density at radius 3 is 2.43 bits per heavy atom. The quantitative estimate of drug-likeness (QED) is 0.691. The molecule has 0 aromatic rings. The first-order valence-electron chi connectivity index (χ1n) is 5.38. The van der Waals surface area contributed by atoms with E-state index in [0.29, 0.717) is 0 Å². The Morgan fingerprint density at radius 2 is 1.93 bits per heavy atom. The Bertz CT molecular complexity index is 213. The molecule has 0 spiro atoms. The molecule has 1 saturated carbocycles. The molecule has 4 nitrogen and oxygen atoms in total. The lowest BCUT2D eigenvalue weighted by molar-refractivity contribution is 0.204. The Hall–Kier alpha value is -1.06. The van der Waals surface area contributed by atoms with E-state index in [2.05, 4.69) is 10.5 Å². The lowest BCUT2D eigenvalue weighted by Gasteiger charge is -2.17. The predicted molar refractivity (Wildman–Crippen MR) is 57.4 cm³/mol. The summed E-state index contributed by atoms with van der Waals surface area (Å²) in [6, 6.07) is -0.0885. The fourth-order valence-corrected chi connectivity index (χ4v) is 1.60. The third-order valence-corrected chi connectivity index (χ3v) is 2.54. The van der Waals surface area contributed by atoms with Crippen LogP contribution in [-0.4, -0.2) is 29.7 Å². The molecule has 0 radical (unpaired) electrons. The number of carbonyl (C=O) groups excluding carboxylic acids is 1. The summed E-state index contributed by atoms with van der Waals surface area (Å²) in [6.45, 7) is 5.39. The minimum absolute atomic E-state index is 0.0885. The average molecular weight is 197 g/mol. The molecule has 0 aromatic carbocycles. The standard InChI is InChI=1S/C10H19N3O/c1-3-13(4-2)10(14)12-11-9-7-5-6-8-9/h3-8H2,1-2H3,(H,12,14). The van der Waals surface area contributed by atoms with E-state index in [4.69, 9.17) is 0 Å². The summed E-state index contributed by atoms with van der Waals surface area (Å²) in [6.07, 6.45) is 4.50. The van der Waals surface area contributed by atoms with Gasteiger partial charge in [-0.3, -0.25) is 0 Å². The van der Waals surface area contributed by atoms with Crippen molar-refractivity contribution >= 4 is 11.7 Å². The van der Waals surface area contributed by atoms with Gasteiger partial charge in [0.1, 0.15) is 0 Å². The summed E-state index contributed by atoms with van der Waals surface area (Å²) in [7, 11) is 0. The van der Waals surface area contributed by atoms with Gasteiger partial charge in [0, 0.05) is 18.8 Å². The van der Waals surface area contributed by atoms with Gasteiger partial charge in [-0.1, -0.05) is 0 Å². The first kappa shape index (κ1) is 11.0. The van der Waals surface area contributed by atoms with Crippen molar-refractivity contribution in [2.24, 2.45) is 5.10 Å². The number of carbonyl (C=O) groups is 1. The fourth-order valence-electron chi connectivity index (χ4n) is 1.60. The smallest absolute Gasteiger partial charge is 0.324 e. The van der Waals surface area contributed by atoms with Crippen molar-refractivity contribution in [3.63, 3.8) is 0 Å². The zero-order valence-corrected chi connectivity index (χ0v) is 9.05. The van der Waals surface area contributed by atoms with Crippen LogP contribution in [0, 0.1) is 0 Å². The third-order valence-electron chi connectivity index (χ3n) is 2.54. The fraction of sp³-hybridized carbons (Fsp3) is 0.800. The maximum atomic E-state index is 11.5. The number of amides is 2. The molecule has 0 aromatic heterocycles. The molecule has 2 amide bonds. The van der Waals surface area contributed by atoms with Gasteiger partial charge in [0.05, 0.1) is 0 Å². The topological polar surface area (TPSA) is 44.7 Å². The molecule has 0 bridgehead atoms. The second-order valence-corrected chi connectivity index (χ2v) is 3.47. The van der Waals surface area contributed by atoms with Crippen LogP contribution in [0.3, 0.4) is 0 Å². The summed E-state index contributed by atoms with van der Waals surface area (Å²) < 4.78 is 0. The van der Waals surface area contributed by atoms with Gasteiger partial charge in [0.15, 0.2) is 0 Å². The molecule has 1 rings (SSSR count). The Balaban J connectivity index is 2.35. The van der Waals surface area contributed by atoms with Gasteiger partial charge >= 0.3 is 6.03 Å². The van der Waals surface area contributed by atoms with Gasteiger partial charge in [-0.25, -0.2) is 10.2 Å². The normalized spacial score (nSPS) is 15.4. The van der Waals surface area contributed by atoms with Crippen molar-refractivity contribution in [3.8, 4) is 0 Å². The summed E-state index contributed by atoms with van der Waals surface area (Å²) in [5, 5.41) is 4.12. The Kier molecular flexibility index (Phi) is 4.43. The summed E-state index contributed by atoms with van der Waals surface area (Å²) in [4.78, 5) is 13.2. The van der Waals surface area contributed by atoms with Gasteiger partial charge in [-0.2, -0.15) is 5.10 Å². The monoisotopic (exact) mass is 197 g/mol. The molecule has 14 heavy (non-hydrogen) atoms. The first-order valence-corrected chi connectivity index (χ1v) is 5.38. The van der Waals surface area contributed by atoms with Crippen molar-refractivity contribution < 1.29 is 4.79 Å². The second kappa shape index (κ2) is 5.62. The number of hydrogen-bond donors (Lipinski definition) is 1. The second-order valence-electron chi connectivity index (χ2n) is 3.47. The van der Waals surface area contributed by atoms with Gasteiger partial charge in [0.25, 0.3) is 0 Å². The molecular formula is C10H19N3O. The van der Waals surface area contributed by atoms with Crippen molar-refractivity contribution in [2.75, 3.05) is 13.1 Å². The minimum atomic E-state index is -0.0885. The van der Waals surface area contributed by atoms with Gasteiger partial charge in [-0.15, -0.1) is 0 Å². The van der Waals surface area contributed by atoms with E-state index in [1.165, 1.54) is 12.8 Å². The first-order chi connectivity index (χ1) is 6.77. The molecule has 0 atom stereocenters. The summed E-state index contributed by atoms with van der Waals surface area (Å²) >= 11 is 0. The Morgan fingerprint density at radius 1 is 1.36 bits per heavy atom. The van der Waals surface area contributed by atoms with Crippen molar-refractivity contribution in [1.82, 2.24) is 10.3 Å². The van der Waals surface area contributed by atoms with Crippen LogP contribution in [0.1, 0.15) is 39.5 Å². The van der Waals surface area contributed by atoms with E-state index < -0.39 is 0 Å². The number of hydrogen-bond acceptors (Lipinski definition) is 2. The molecule has 0 unspecified atom stereocenters. The van der Waals surface area contributed by atoms with E-state index in [0.717, 1.165) is 31.6 Å². The van der Waals surface area contributed by atoms with Crippen LogP contribution in [0.25, 0.3) is 0 Å². The van der Waals surface area contributed by atoms with Crippen LogP contribution in [-0.2, 0) is 0 Å².